The maximum absolute atomic E-state index is 12.2. The van der Waals surface area contributed by atoms with Crippen molar-refractivity contribution in [3.63, 3.8) is 0 Å². The van der Waals surface area contributed by atoms with Crippen molar-refractivity contribution in [2.24, 2.45) is 11.8 Å². The Hall–Kier alpha value is -1.62. The zero-order valence-electron chi connectivity index (χ0n) is 10.4. The monoisotopic (exact) mass is 274 g/mol. The summed E-state index contributed by atoms with van der Waals surface area (Å²) in [5.41, 5.74) is 0. The molecule has 3 rings (SSSR count). The summed E-state index contributed by atoms with van der Waals surface area (Å²) in [6.07, 6.45) is 8.83. The van der Waals surface area contributed by atoms with Crippen LogP contribution in [0, 0.1) is 11.8 Å². The molecule has 4 nitrogen and oxygen atoms in total. The van der Waals surface area contributed by atoms with Crippen molar-refractivity contribution in [3.8, 4) is 0 Å². The van der Waals surface area contributed by atoms with E-state index in [9.17, 15) is 9.59 Å². The SMILES string of the molecule is O=C1[C@H]2CC=CC[C@H]2C(=O)N1CSc1ccncc1. The number of hydrogen-bond acceptors (Lipinski definition) is 4. The molecule has 1 aliphatic heterocycles. The molecule has 1 saturated heterocycles. The lowest BCUT2D eigenvalue weighted by Gasteiger charge is -2.14. The summed E-state index contributed by atoms with van der Waals surface area (Å²) in [4.78, 5) is 30.8. The summed E-state index contributed by atoms with van der Waals surface area (Å²) in [6.45, 7) is 0. The van der Waals surface area contributed by atoms with Gasteiger partial charge in [-0.3, -0.25) is 19.5 Å². The minimum absolute atomic E-state index is 0.0130. The molecule has 98 valence electrons. The molecule has 0 spiro atoms. The van der Waals surface area contributed by atoms with Crippen LogP contribution >= 0.6 is 11.8 Å². The topological polar surface area (TPSA) is 50.3 Å². The van der Waals surface area contributed by atoms with Crippen LogP contribution in [-0.4, -0.2) is 27.6 Å². The normalized spacial score (nSPS) is 25.8. The van der Waals surface area contributed by atoms with Gasteiger partial charge < -0.3 is 0 Å². The predicted molar refractivity (Wildman–Crippen MR) is 72.2 cm³/mol. The highest BCUT2D eigenvalue weighted by molar-refractivity contribution is 7.99. The first-order valence-electron chi connectivity index (χ1n) is 6.30. The second-order valence-electron chi connectivity index (χ2n) is 4.72. The molecule has 1 aliphatic carbocycles. The van der Waals surface area contributed by atoms with Crippen LogP contribution in [0.1, 0.15) is 12.8 Å². The van der Waals surface area contributed by atoms with E-state index in [4.69, 9.17) is 0 Å². The van der Waals surface area contributed by atoms with Gasteiger partial charge in [0, 0.05) is 17.3 Å². The number of thioether (sulfide) groups is 1. The van der Waals surface area contributed by atoms with Crippen molar-refractivity contribution in [3.05, 3.63) is 36.7 Å². The Bertz CT molecular complexity index is 504. The molecule has 0 aromatic carbocycles. The van der Waals surface area contributed by atoms with E-state index in [-0.39, 0.29) is 23.7 Å². The summed E-state index contributed by atoms with van der Waals surface area (Å²) < 4.78 is 0. The molecule has 0 unspecified atom stereocenters. The van der Waals surface area contributed by atoms with Crippen LogP contribution in [0.25, 0.3) is 0 Å². The maximum atomic E-state index is 12.2. The fourth-order valence-electron chi connectivity index (χ4n) is 2.57. The van der Waals surface area contributed by atoms with E-state index in [1.807, 2.05) is 24.3 Å². The van der Waals surface area contributed by atoms with Crippen molar-refractivity contribution in [1.29, 1.82) is 0 Å². The molecule has 0 saturated carbocycles. The van der Waals surface area contributed by atoms with Crippen LogP contribution in [0.2, 0.25) is 0 Å². The Morgan fingerprint density at radius 3 is 2.26 bits per heavy atom. The zero-order chi connectivity index (χ0) is 13.2. The average molecular weight is 274 g/mol. The first-order valence-corrected chi connectivity index (χ1v) is 7.29. The Balaban J connectivity index is 1.69. The van der Waals surface area contributed by atoms with E-state index in [2.05, 4.69) is 4.98 Å². The standard InChI is InChI=1S/C14H14N2O2S/c17-13-11-3-1-2-4-12(11)14(18)16(13)9-19-10-5-7-15-8-6-10/h1-2,5-8,11-12H,3-4,9H2/t11-,12+. The van der Waals surface area contributed by atoms with Gasteiger partial charge in [-0.2, -0.15) is 0 Å². The quantitative estimate of drug-likeness (QED) is 0.481. The second kappa shape index (κ2) is 5.17. The van der Waals surface area contributed by atoms with Gasteiger partial charge >= 0.3 is 0 Å². The lowest BCUT2D eigenvalue weighted by atomic mass is 9.85. The number of carbonyl (C=O) groups is 2. The molecular formula is C14H14N2O2S. The van der Waals surface area contributed by atoms with Gasteiger partial charge in [-0.25, -0.2) is 0 Å². The molecule has 0 bridgehead atoms. The van der Waals surface area contributed by atoms with Crippen molar-refractivity contribution in [1.82, 2.24) is 9.88 Å². The van der Waals surface area contributed by atoms with Crippen LogP contribution in [0.15, 0.2) is 41.6 Å². The Kier molecular flexibility index (Phi) is 3.38. The third-order valence-electron chi connectivity index (χ3n) is 3.61. The zero-order valence-corrected chi connectivity index (χ0v) is 11.2. The van der Waals surface area contributed by atoms with Gasteiger partial charge in [0.2, 0.25) is 11.8 Å². The molecule has 1 aromatic heterocycles. The number of nitrogens with zero attached hydrogens (tertiary/aromatic N) is 2. The minimum Gasteiger partial charge on any atom is -0.274 e. The first kappa shape index (κ1) is 12.4. The summed E-state index contributed by atoms with van der Waals surface area (Å²) in [5.74, 6) is 0.113. The molecule has 2 atom stereocenters. The minimum atomic E-state index is -0.129. The molecule has 0 radical (unpaired) electrons. The fraction of sp³-hybridized carbons (Fsp3) is 0.357. The number of imide groups is 1. The van der Waals surface area contributed by atoms with Crippen molar-refractivity contribution < 1.29 is 9.59 Å². The number of amides is 2. The van der Waals surface area contributed by atoms with E-state index in [1.54, 1.807) is 12.4 Å². The highest BCUT2D eigenvalue weighted by Gasteiger charge is 2.46. The van der Waals surface area contributed by atoms with E-state index in [0.29, 0.717) is 18.7 Å². The second-order valence-corrected chi connectivity index (χ2v) is 5.73. The lowest BCUT2D eigenvalue weighted by molar-refractivity contribution is -0.138. The van der Waals surface area contributed by atoms with Gasteiger partial charge in [0.05, 0.1) is 17.7 Å². The smallest absolute Gasteiger partial charge is 0.234 e. The lowest BCUT2D eigenvalue weighted by Crippen LogP contribution is -2.30. The molecule has 1 aromatic rings. The maximum Gasteiger partial charge on any atom is 0.234 e. The van der Waals surface area contributed by atoms with Crippen LogP contribution in [0.5, 0.6) is 0 Å². The highest BCUT2D eigenvalue weighted by Crippen LogP contribution is 2.36. The molecule has 0 N–H and O–H groups in total. The molecule has 2 heterocycles. The molecule has 2 aliphatic rings. The highest BCUT2D eigenvalue weighted by atomic mass is 32.2. The Morgan fingerprint density at radius 2 is 1.68 bits per heavy atom. The van der Waals surface area contributed by atoms with Crippen molar-refractivity contribution >= 4 is 23.6 Å². The Morgan fingerprint density at radius 1 is 1.11 bits per heavy atom. The molecule has 5 heteroatoms. The molecule has 2 amide bonds. The van der Waals surface area contributed by atoms with Crippen molar-refractivity contribution in [2.45, 2.75) is 17.7 Å². The van der Waals surface area contributed by atoms with Gasteiger partial charge in [-0.1, -0.05) is 12.2 Å². The first-order chi connectivity index (χ1) is 9.27. The number of carbonyl (C=O) groups excluding carboxylic acids is 2. The summed E-state index contributed by atoms with van der Waals surface area (Å²) in [6, 6.07) is 3.76. The average Bonchev–Trinajstić information content (AvgIpc) is 2.71. The molecule has 19 heavy (non-hydrogen) atoms. The largest absolute Gasteiger partial charge is 0.274 e. The number of pyridine rings is 1. The van der Waals surface area contributed by atoms with Gasteiger partial charge in [0.1, 0.15) is 0 Å². The van der Waals surface area contributed by atoms with E-state index >= 15 is 0 Å². The summed E-state index contributed by atoms with van der Waals surface area (Å²) >= 11 is 1.49. The summed E-state index contributed by atoms with van der Waals surface area (Å²) in [5, 5.41) is 0. The van der Waals surface area contributed by atoms with Crippen LogP contribution in [0.4, 0.5) is 0 Å². The molecule has 1 fully saturated rings. The number of aromatic nitrogens is 1. The predicted octanol–water partition coefficient (Wildman–Crippen LogP) is 2.08. The van der Waals surface area contributed by atoms with Crippen LogP contribution < -0.4 is 0 Å². The summed E-state index contributed by atoms with van der Waals surface area (Å²) in [7, 11) is 0. The number of fused-ring (bicyclic) bond motifs is 1. The van der Waals surface area contributed by atoms with Crippen LogP contribution in [-0.2, 0) is 9.59 Å². The van der Waals surface area contributed by atoms with Gasteiger partial charge in [0.15, 0.2) is 0 Å². The van der Waals surface area contributed by atoms with E-state index < -0.39 is 0 Å². The fourth-order valence-corrected chi connectivity index (χ4v) is 3.42. The number of hydrogen-bond donors (Lipinski definition) is 0. The van der Waals surface area contributed by atoms with E-state index in [0.717, 1.165) is 4.90 Å². The van der Waals surface area contributed by atoms with Gasteiger partial charge in [-0.15, -0.1) is 11.8 Å². The van der Waals surface area contributed by atoms with E-state index in [1.165, 1.54) is 16.7 Å². The number of likely N-dealkylation sites (tertiary alicyclic amines) is 1. The third kappa shape index (κ3) is 2.30. The van der Waals surface area contributed by atoms with Gasteiger partial charge in [-0.05, 0) is 25.0 Å². The number of allylic oxidation sites excluding steroid dienone is 2. The van der Waals surface area contributed by atoms with Crippen molar-refractivity contribution in [2.75, 3.05) is 5.88 Å². The van der Waals surface area contributed by atoms with Crippen LogP contribution in [0.3, 0.4) is 0 Å². The van der Waals surface area contributed by atoms with Gasteiger partial charge in [0.25, 0.3) is 0 Å². The third-order valence-corrected chi connectivity index (χ3v) is 4.60. The molecular weight excluding hydrogens is 260 g/mol. The Labute approximate surface area is 115 Å². The number of rotatable bonds is 3.